The molecular weight excluding hydrogens is 302 g/mol. The Hall–Kier alpha value is -1.99. The molecule has 1 saturated heterocycles. The van der Waals surface area contributed by atoms with E-state index in [1.165, 1.54) is 12.1 Å². The normalized spacial score (nSPS) is 18.4. The Morgan fingerprint density at radius 3 is 2.73 bits per heavy atom. The van der Waals surface area contributed by atoms with Gasteiger partial charge in [0.15, 0.2) is 0 Å². The van der Waals surface area contributed by atoms with Crippen LogP contribution in [-0.4, -0.2) is 38.4 Å². The van der Waals surface area contributed by atoms with Crippen LogP contribution in [0.2, 0.25) is 0 Å². The third-order valence-electron chi connectivity index (χ3n) is 3.45. The second-order valence-electron chi connectivity index (χ2n) is 5.04. The van der Waals surface area contributed by atoms with Crippen molar-refractivity contribution in [2.24, 2.45) is 0 Å². The molecule has 0 saturated carbocycles. The van der Waals surface area contributed by atoms with Gasteiger partial charge in [-0.15, -0.1) is 0 Å². The number of halogens is 4. The van der Waals surface area contributed by atoms with Crippen LogP contribution < -0.4 is 15.5 Å². The van der Waals surface area contributed by atoms with Crippen LogP contribution in [0.15, 0.2) is 24.3 Å². The quantitative estimate of drug-likeness (QED) is 0.838. The molecule has 1 aromatic carbocycles. The minimum absolute atomic E-state index is 0.0842. The van der Waals surface area contributed by atoms with Gasteiger partial charge in [-0.25, -0.2) is 9.18 Å². The molecule has 4 nitrogen and oxygen atoms in total. The molecule has 1 aliphatic heterocycles. The Morgan fingerprint density at radius 1 is 1.32 bits per heavy atom. The number of nitrogens with zero attached hydrogens (tertiary/aromatic N) is 1. The number of amides is 2. The summed E-state index contributed by atoms with van der Waals surface area (Å²) in [5.74, 6) is 0. The first-order valence-electron chi connectivity index (χ1n) is 6.93. The molecule has 22 heavy (non-hydrogen) atoms. The Kier molecular flexibility index (Phi) is 5.10. The van der Waals surface area contributed by atoms with Crippen LogP contribution in [0.5, 0.6) is 0 Å². The molecule has 1 fully saturated rings. The third-order valence-corrected chi connectivity index (χ3v) is 3.45. The first kappa shape index (κ1) is 16.4. The summed E-state index contributed by atoms with van der Waals surface area (Å²) in [4.78, 5) is 13.0. The molecule has 2 rings (SSSR count). The van der Waals surface area contributed by atoms with Crippen molar-refractivity contribution in [3.05, 3.63) is 29.8 Å². The van der Waals surface area contributed by atoms with Crippen molar-refractivity contribution in [3.63, 3.8) is 0 Å². The van der Waals surface area contributed by atoms with Gasteiger partial charge >= 0.3 is 12.2 Å². The Bertz CT molecular complexity index is 521. The van der Waals surface area contributed by atoms with Gasteiger partial charge in [-0.1, -0.05) is 12.1 Å². The number of hydrogen-bond acceptors (Lipinski definition) is 2. The van der Waals surface area contributed by atoms with E-state index in [-0.39, 0.29) is 24.8 Å². The van der Waals surface area contributed by atoms with Crippen molar-refractivity contribution in [1.82, 2.24) is 10.6 Å². The lowest BCUT2D eigenvalue weighted by molar-refractivity contribution is -0.137. The lowest BCUT2D eigenvalue weighted by Crippen LogP contribution is -2.44. The van der Waals surface area contributed by atoms with E-state index in [1.54, 1.807) is 11.0 Å². The molecule has 1 heterocycles. The number of para-hydroxylation sites is 1. The zero-order valence-electron chi connectivity index (χ0n) is 11.8. The minimum atomic E-state index is -4.42. The summed E-state index contributed by atoms with van der Waals surface area (Å²) >= 11 is 0. The highest BCUT2D eigenvalue weighted by Crippen LogP contribution is 2.37. The van der Waals surface area contributed by atoms with Gasteiger partial charge in [0.2, 0.25) is 0 Å². The van der Waals surface area contributed by atoms with Crippen LogP contribution in [0.25, 0.3) is 0 Å². The van der Waals surface area contributed by atoms with Gasteiger partial charge in [-0.3, -0.25) is 0 Å². The molecule has 8 heteroatoms. The van der Waals surface area contributed by atoms with Crippen molar-refractivity contribution >= 4 is 11.7 Å². The van der Waals surface area contributed by atoms with E-state index in [1.807, 2.05) is 0 Å². The van der Waals surface area contributed by atoms with Gasteiger partial charge in [0, 0.05) is 31.4 Å². The largest absolute Gasteiger partial charge is 0.418 e. The van der Waals surface area contributed by atoms with Crippen molar-refractivity contribution in [1.29, 1.82) is 0 Å². The smallest absolute Gasteiger partial charge is 0.369 e. The Labute approximate surface area is 125 Å². The Balaban J connectivity index is 2.00. The first-order valence-corrected chi connectivity index (χ1v) is 6.93. The molecule has 0 spiro atoms. The van der Waals surface area contributed by atoms with Crippen LogP contribution in [0, 0.1) is 0 Å². The van der Waals surface area contributed by atoms with E-state index in [0.717, 1.165) is 6.07 Å². The number of benzene rings is 1. The molecule has 0 aromatic heterocycles. The van der Waals surface area contributed by atoms with Crippen LogP contribution in [-0.2, 0) is 6.18 Å². The zero-order chi connectivity index (χ0) is 16.2. The SMILES string of the molecule is O=C(NCCF)N[C@H]1CCN(c2ccccc2C(F)(F)F)C1. The van der Waals surface area contributed by atoms with Crippen LogP contribution >= 0.6 is 0 Å². The topological polar surface area (TPSA) is 44.4 Å². The van der Waals surface area contributed by atoms with Gasteiger partial charge in [0.05, 0.1) is 5.56 Å². The number of rotatable bonds is 4. The third kappa shape index (κ3) is 4.02. The maximum Gasteiger partial charge on any atom is 0.418 e. The highest BCUT2D eigenvalue weighted by atomic mass is 19.4. The Morgan fingerprint density at radius 2 is 2.05 bits per heavy atom. The number of nitrogens with one attached hydrogen (secondary N) is 2. The van der Waals surface area contributed by atoms with Gasteiger partial charge < -0.3 is 15.5 Å². The highest BCUT2D eigenvalue weighted by Gasteiger charge is 2.36. The zero-order valence-corrected chi connectivity index (χ0v) is 11.8. The van der Waals surface area contributed by atoms with Crippen molar-refractivity contribution < 1.29 is 22.4 Å². The van der Waals surface area contributed by atoms with Crippen LogP contribution in [0.1, 0.15) is 12.0 Å². The van der Waals surface area contributed by atoms with Crippen molar-refractivity contribution in [3.8, 4) is 0 Å². The number of carbonyl (C=O) groups is 1. The van der Waals surface area contributed by atoms with E-state index in [9.17, 15) is 22.4 Å². The number of anilines is 1. The summed E-state index contributed by atoms with van der Waals surface area (Å²) in [5.41, 5.74) is -0.569. The maximum absolute atomic E-state index is 13.0. The number of carbonyl (C=O) groups excluding carboxylic acids is 1. The fraction of sp³-hybridized carbons (Fsp3) is 0.500. The van der Waals surface area contributed by atoms with E-state index in [4.69, 9.17) is 0 Å². The molecule has 0 bridgehead atoms. The molecule has 1 aliphatic rings. The van der Waals surface area contributed by atoms with E-state index in [2.05, 4.69) is 10.6 Å². The van der Waals surface area contributed by atoms with Gasteiger partial charge in [-0.05, 0) is 18.6 Å². The van der Waals surface area contributed by atoms with E-state index < -0.39 is 24.4 Å². The van der Waals surface area contributed by atoms with E-state index in [0.29, 0.717) is 13.0 Å². The second kappa shape index (κ2) is 6.85. The first-order chi connectivity index (χ1) is 10.4. The highest BCUT2D eigenvalue weighted by molar-refractivity contribution is 5.74. The fourth-order valence-electron chi connectivity index (χ4n) is 2.48. The van der Waals surface area contributed by atoms with Crippen LogP contribution in [0.3, 0.4) is 0 Å². The fourth-order valence-corrected chi connectivity index (χ4v) is 2.48. The van der Waals surface area contributed by atoms with Gasteiger partial charge in [0.1, 0.15) is 6.67 Å². The average molecular weight is 319 g/mol. The average Bonchev–Trinajstić information content (AvgIpc) is 2.92. The molecule has 1 aromatic rings. The van der Waals surface area contributed by atoms with Crippen LogP contribution in [0.4, 0.5) is 28.0 Å². The summed E-state index contributed by atoms with van der Waals surface area (Å²) in [6.45, 7) is -0.0420. The summed E-state index contributed by atoms with van der Waals surface area (Å²) in [7, 11) is 0. The number of urea groups is 1. The maximum atomic E-state index is 13.0. The second-order valence-corrected chi connectivity index (χ2v) is 5.04. The number of alkyl halides is 4. The summed E-state index contributed by atoms with van der Waals surface area (Å²) < 4.78 is 51.0. The number of hydrogen-bond donors (Lipinski definition) is 2. The molecule has 2 N–H and O–H groups in total. The molecule has 0 aliphatic carbocycles. The predicted molar refractivity (Wildman–Crippen MR) is 74.6 cm³/mol. The summed E-state index contributed by atoms with van der Waals surface area (Å²) in [5, 5.41) is 4.96. The molecule has 0 unspecified atom stereocenters. The van der Waals surface area contributed by atoms with E-state index >= 15 is 0 Å². The summed E-state index contributed by atoms with van der Waals surface area (Å²) in [6.07, 6.45) is -3.88. The molecular formula is C14H17F4N3O. The lowest BCUT2D eigenvalue weighted by Gasteiger charge is -2.23. The van der Waals surface area contributed by atoms with Gasteiger partial charge in [-0.2, -0.15) is 13.2 Å². The monoisotopic (exact) mass is 319 g/mol. The van der Waals surface area contributed by atoms with Crippen molar-refractivity contribution in [2.75, 3.05) is 31.2 Å². The molecule has 2 amide bonds. The minimum Gasteiger partial charge on any atom is -0.369 e. The molecule has 0 radical (unpaired) electrons. The van der Waals surface area contributed by atoms with Gasteiger partial charge in [0.25, 0.3) is 0 Å². The standard InChI is InChI=1S/C14H17F4N3O/c15-6-7-19-13(22)20-10-5-8-21(9-10)12-4-2-1-3-11(12)14(16,17)18/h1-4,10H,5-9H2,(H2,19,20,22)/t10-/m0/s1. The molecule has 1 atom stereocenters. The predicted octanol–water partition coefficient (Wildman–Crippen LogP) is 2.55. The molecule has 122 valence electrons. The lowest BCUT2D eigenvalue weighted by atomic mass is 10.1. The summed E-state index contributed by atoms with van der Waals surface area (Å²) in [6, 6.07) is 4.61. The van der Waals surface area contributed by atoms with Crippen molar-refractivity contribution in [2.45, 2.75) is 18.6 Å².